The summed E-state index contributed by atoms with van der Waals surface area (Å²) >= 11 is 0. The monoisotopic (exact) mass is 320 g/mol. The Morgan fingerprint density at radius 1 is 1.35 bits per heavy atom. The first-order chi connectivity index (χ1) is 11.0. The third kappa shape index (κ3) is 4.77. The van der Waals surface area contributed by atoms with Gasteiger partial charge in [-0.1, -0.05) is 0 Å². The zero-order valence-corrected chi connectivity index (χ0v) is 13.7. The summed E-state index contributed by atoms with van der Waals surface area (Å²) in [5.41, 5.74) is 1.42. The summed E-state index contributed by atoms with van der Waals surface area (Å²) in [6.07, 6.45) is -0.145. The maximum Gasteiger partial charge on any atom is 0.304 e. The molecule has 1 aliphatic heterocycles. The van der Waals surface area contributed by atoms with Crippen LogP contribution in [0.2, 0.25) is 0 Å². The fourth-order valence-electron chi connectivity index (χ4n) is 2.92. The summed E-state index contributed by atoms with van der Waals surface area (Å²) in [5, 5.41) is 12.4. The lowest BCUT2D eigenvalue weighted by Gasteiger charge is -2.30. The number of nitrogens with one attached hydrogen (secondary N) is 1. The second-order valence-corrected chi connectivity index (χ2v) is 5.89. The van der Waals surface area contributed by atoms with E-state index >= 15 is 0 Å². The third-order valence-corrected chi connectivity index (χ3v) is 4.16. The van der Waals surface area contributed by atoms with Gasteiger partial charge in [-0.2, -0.15) is 0 Å². The molecular weight excluding hydrogens is 296 g/mol. The van der Waals surface area contributed by atoms with Crippen LogP contribution in [0.25, 0.3) is 0 Å². The van der Waals surface area contributed by atoms with Crippen LogP contribution in [-0.4, -0.2) is 61.6 Å². The first kappa shape index (κ1) is 17.4. The Balaban J connectivity index is 2.14. The second-order valence-electron chi connectivity index (χ2n) is 5.89. The average Bonchev–Trinajstić information content (AvgIpc) is 2.54. The number of benzene rings is 1. The number of ether oxygens (including phenoxy) is 1. The van der Waals surface area contributed by atoms with Crippen LogP contribution in [-0.2, 0) is 4.79 Å². The Labute approximate surface area is 136 Å². The number of nitrogens with zero attached hydrogens (tertiary/aromatic N) is 1. The van der Waals surface area contributed by atoms with Gasteiger partial charge in [0.25, 0.3) is 0 Å². The van der Waals surface area contributed by atoms with Gasteiger partial charge in [-0.3, -0.25) is 9.59 Å². The van der Waals surface area contributed by atoms with Gasteiger partial charge in [0.2, 0.25) is 0 Å². The van der Waals surface area contributed by atoms with Gasteiger partial charge >= 0.3 is 5.97 Å². The standard InChI is InChI=1S/C17H24N2O4/c1-12-9-13(3-4-15(12)23-2)17(22)14(10-16(20)21)11-19-7-5-18-6-8-19/h3-4,9,14,18H,5-8,10-11H2,1-2H3,(H,20,21). The normalized spacial score (nSPS) is 16.8. The largest absolute Gasteiger partial charge is 0.496 e. The van der Waals surface area contributed by atoms with Crippen molar-refractivity contribution in [2.24, 2.45) is 5.92 Å². The number of methoxy groups -OCH3 is 1. The quantitative estimate of drug-likeness (QED) is 0.735. The van der Waals surface area contributed by atoms with E-state index in [1.807, 2.05) is 6.92 Å². The summed E-state index contributed by atoms with van der Waals surface area (Å²) in [6.45, 7) is 5.78. The molecule has 0 spiro atoms. The highest BCUT2D eigenvalue weighted by molar-refractivity contribution is 5.99. The van der Waals surface area contributed by atoms with Crippen molar-refractivity contribution in [2.75, 3.05) is 39.8 Å². The minimum Gasteiger partial charge on any atom is -0.496 e. The number of carboxylic acids is 1. The molecule has 1 saturated heterocycles. The van der Waals surface area contributed by atoms with Crippen molar-refractivity contribution in [2.45, 2.75) is 13.3 Å². The number of Topliss-reactive ketones (excluding diaryl/α,β-unsaturated/α-hetero) is 1. The van der Waals surface area contributed by atoms with Gasteiger partial charge in [0, 0.05) is 44.2 Å². The summed E-state index contributed by atoms with van der Waals surface area (Å²) in [5.74, 6) is -0.864. The van der Waals surface area contributed by atoms with Crippen LogP contribution in [0.4, 0.5) is 0 Å². The van der Waals surface area contributed by atoms with E-state index in [1.54, 1.807) is 25.3 Å². The fourth-order valence-corrected chi connectivity index (χ4v) is 2.92. The lowest BCUT2D eigenvalue weighted by Crippen LogP contribution is -2.46. The average molecular weight is 320 g/mol. The number of aliphatic carboxylic acids is 1. The van der Waals surface area contributed by atoms with Gasteiger partial charge in [-0.05, 0) is 30.7 Å². The Morgan fingerprint density at radius 2 is 2.04 bits per heavy atom. The number of aryl methyl sites for hydroxylation is 1. The summed E-state index contributed by atoms with van der Waals surface area (Å²) in [6, 6.07) is 5.24. The van der Waals surface area contributed by atoms with E-state index in [2.05, 4.69) is 10.2 Å². The molecule has 1 unspecified atom stereocenters. The van der Waals surface area contributed by atoms with E-state index in [4.69, 9.17) is 9.84 Å². The summed E-state index contributed by atoms with van der Waals surface area (Å²) in [7, 11) is 1.58. The zero-order valence-electron chi connectivity index (χ0n) is 13.7. The van der Waals surface area contributed by atoms with Crippen molar-refractivity contribution in [1.82, 2.24) is 10.2 Å². The number of rotatable bonds is 7. The fraction of sp³-hybridized carbons (Fsp3) is 0.529. The molecule has 1 aromatic carbocycles. The van der Waals surface area contributed by atoms with E-state index in [0.717, 1.165) is 37.5 Å². The molecule has 1 fully saturated rings. The SMILES string of the molecule is COc1ccc(C(=O)C(CC(=O)O)CN2CCNCC2)cc1C. The molecule has 0 aromatic heterocycles. The Kier molecular flexibility index (Phi) is 6.12. The first-order valence-corrected chi connectivity index (χ1v) is 7.85. The molecule has 6 heteroatoms. The van der Waals surface area contributed by atoms with E-state index in [0.29, 0.717) is 12.1 Å². The zero-order chi connectivity index (χ0) is 16.8. The minimum absolute atomic E-state index is 0.114. The van der Waals surface area contributed by atoms with Crippen molar-refractivity contribution in [1.29, 1.82) is 0 Å². The van der Waals surface area contributed by atoms with E-state index in [-0.39, 0.29) is 12.2 Å². The number of carbonyl (C=O) groups is 2. The molecule has 6 nitrogen and oxygen atoms in total. The highest BCUT2D eigenvalue weighted by Gasteiger charge is 2.26. The lowest BCUT2D eigenvalue weighted by molar-refractivity contribution is -0.137. The van der Waals surface area contributed by atoms with Gasteiger partial charge in [0.1, 0.15) is 5.75 Å². The molecule has 0 aliphatic carbocycles. The van der Waals surface area contributed by atoms with E-state index < -0.39 is 11.9 Å². The van der Waals surface area contributed by atoms with Crippen LogP contribution in [0.15, 0.2) is 18.2 Å². The highest BCUT2D eigenvalue weighted by atomic mass is 16.5. The van der Waals surface area contributed by atoms with Crippen molar-refractivity contribution < 1.29 is 19.4 Å². The van der Waals surface area contributed by atoms with Gasteiger partial charge in [0.15, 0.2) is 5.78 Å². The number of hydrogen-bond acceptors (Lipinski definition) is 5. The van der Waals surface area contributed by atoms with E-state index in [9.17, 15) is 9.59 Å². The first-order valence-electron chi connectivity index (χ1n) is 7.85. The highest BCUT2D eigenvalue weighted by Crippen LogP contribution is 2.22. The summed E-state index contributed by atoms with van der Waals surface area (Å²) < 4.78 is 5.21. The number of ketones is 1. The van der Waals surface area contributed by atoms with Gasteiger partial charge < -0.3 is 20.1 Å². The molecule has 1 aromatic rings. The molecule has 1 heterocycles. The molecule has 0 amide bonds. The molecule has 23 heavy (non-hydrogen) atoms. The maximum atomic E-state index is 12.8. The predicted octanol–water partition coefficient (Wildman–Crippen LogP) is 1.18. The second kappa shape index (κ2) is 8.08. The van der Waals surface area contributed by atoms with Crippen LogP contribution in [0.1, 0.15) is 22.3 Å². The van der Waals surface area contributed by atoms with Gasteiger partial charge in [-0.15, -0.1) is 0 Å². The van der Waals surface area contributed by atoms with Crippen LogP contribution >= 0.6 is 0 Å². The Hall–Kier alpha value is -1.92. The predicted molar refractivity (Wildman–Crippen MR) is 87.1 cm³/mol. The van der Waals surface area contributed by atoms with Gasteiger partial charge in [0.05, 0.1) is 13.5 Å². The molecule has 126 valence electrons. The minimum atomic E-state index is -0.941. The van der Waals surface area contributed by atoms with Crippen LogP contribution in [0.3, 0.4) is 0 Å². The van der Waals surface area contributed by atoms with E-state index in [1.165, 1.54) is 0 Å². The molecule has 0 saturated carbocycles. The Morgan fingerprint density at radius 3 is 2.61 bits per heavy atom. The molecule has 0 bridgehead atoms. The number of carbonyl (C=O) groups excluding carboxylic acids is 1. The maximum absolute atomic E-state index is 12.8. The molecule has 2 rings (SSSR count). The topological polar surface area (TPSA) is 78.9 Å². The number of piperazine rings is 1. The summed E-state index contributed by atoms with van der Waals surface area (Å²) in [4.78, 5) is 26.1. The van der Waals surface area contributed by atoms with Crippen LogP contribution < -0.4 is 10.1 Å². The Bertz CT molecular complexity index is 568. The molecule has 2 N–H and O–H groups in total. The lowest BCUT2D eigenvalue weighted by atomic mass is 9.92. The molecule has 1 aliphatic rings. The molecular formula is C17H24N2O4. The number of carboxylic acid groups (broad SMARTS) is 1. The van der Waals surface area contributed by atoms with Crippen LogP contribution in [0, 0.1) is 12.8 Å². The van der Waals surface area contributed by atoms with Crippen molar-refractivity contribution >= 4 is 11.8 Å². The third-order valence-electron chi connectivity index (χ3n) is 4.16. The van der Waals surface area contributed by atoms with Gasteiger partial charge in [-0.25, -0.2) is 0 Å². The van der Waals surface area contributed by atoms with Crippen molar-refractivity contribution in [3.05, 3.63) is 29.3 Å². The smallest absolute Gasteiger partial charge is 0.304 e. The number of hydrogen-bond donors (Lipinski definition) is 2. The molecule has 0 radical (unpaired) electrons. The van der Waals surface area contributed by atoms with Crippen molar-refractivity contribution in [3.63, 3.8) is 0 Å². The molecule has 1 atom stereocenters. The van der Waals surface area contributed by atoms with Crippen LogP contribution in [0.5, 0.6) is 5.75 Å². The van der Waals surface area contributed by atoms with Crippen molar-refractivity contribution in [3.8, 4) is 5.75 Å².